The summed E-state index contributed by atoms with van der Waals surface area (Å²) in [4.78, 5) is 0. The topological polar surface area (TPSA) is 56.2 Å². The summed E-state index contributed by atoms with van der Waals surface area (Å²) < 4.78 is 1.75. The molecule has 0 aliphatic carbocycles. The van der Waals surface area contributed by atoms with Crippen molar-refractivity contribution in [3.8, 4) is 0 Å². The van der Waals surface area contributed by atoms with Gasteiger partial charge in [0.25, 0.3) is 0 Å². The van der Waals surface area contributed by atoms with Crippen LogP contribution in [0.1, 0.15) is 11.3 Å². The molecule has 0 aliphatic rings. The summed E-state index contributed by atoms with van der Waals surface area (Å²) >= 11 is 0. The zero-order valence-electron chi connectivity index (χ0n) is 6.86. The first-order chi connectivity index (χ1) is 5.83. The zero-order chi connectivity index (χ0) is 8.55. The minimum absolute atomic E-state index is 0.439. The molecule has 0 unspecified atom stereocenters. The van der Waals surface area contributed by atoms with Gasteiger partial charge in [0.2, 0.25) is 0 Å². The van der Waals surface area contributed by atoms with Gasteiger partial charge in [-0.3, -0.25) is 0 Å². The number of fused-ring (bicyclic) bond motifs is 1. The Labute approximate surface area is 70.0 Å². The lowest BCUT2D eigenvalue weighted by Crippen LogP contribution is -1.98. The smallest absolute Gasteiger partial charge is 0.104 e. The van der Waals surface area contributed by atoms with Crippen molar-refractivity contribution in [2.24, 2.45) is 5.73 Å². The molecular formula is C8H10N4. The van der Waals surface area contributed by atoms with Gasteiger partial charge in [0.15, 0.2) is 0 Å². The highest BCUT2D eigenvalue weighted by Crippen LogP contribution is 2.11. The van der Waals surface area contributed by atoms with Crippen LogP contribution in [0.4, 0.5) is 0 Å². The molecule has 0 spiro atoms. The molecule has 4 heteroatoms. The van der Waals surface area contributed by atoms with Crippen molar-refractivity contribution >= 4 is 5.52 Å². The lowest BCUT2D eigenvalue weighted by atomic mass is 10.2. The second-order valence-electron chi connectivity index (χ2n) is 2.72. The predicted octanol–water partition coefficient (Wildman–Crippen LogP) is 0.496. The van der Waals surface area contributed by atoms with E-state index in [-0.39, 0.29) is 0 Å². The van der Waals surface area contributed by atoms with E-state index in [0.717, 1.165) is 16.8 Å². The number of aryl methyl sites for hydroxylation is 1. The molecule has 2 aromatic heterocycles. The fourth-order valence-corrected chi connectivity index (χ4v) is 1.32. The summed E-state index contributed by atoms with van der Waals surface area (Å²) in [6.07, 6.45) is 1.87. The van der Waals surface area contributed by atoms with Gasteiger partial charge in [-0.05, 0) is 18.6 Å². The van der Waals surface area contributed by atoms with E-state index in [4.69, 9.17) is 5.73 Å². The summed E-state index contributed by atoms with van der Waals surface area (Å²) in [6, 6.07) is 3.97. The summed E-state index contributed by atoms with van der Waals surface area (Å²) in [7, 11) is 0. The molecule has 0 saturated carbocycles. The van der Waals surface area contributed by atoms with Crippen LogP contribution < -0.4 is 5.73 Å². The van der Waals surface area contributed by atoms with Gasteiger partial charge < -0.3 is 5.73 Å². The minimum atomic E-state index is 0.439. The normalized spacial score (nSPS) is 10.8. The number of aromatic nitrogens is 3. The average Bonchev–Trinajstić information content (AvgIpc) is 2.49. The molecule has 0 atom stereocenters. The van der Waals surface area contributed by atoms with Gasteiger partial charge in [0.1, 0.15) is 5.69 Å². The third-order valence-electron chi connectivity index (χ3n) is 1.90. The van der Waals surface area contributed by atoms with Crippen LogP contribution >= 0.6 is 0 Å². The van der Waals surface area contributed by atoms with Gasteiger partial charge in [0, 0.05) is 12.7 Å². The molecule has 0 fully saturated rings. The average molecular weight is 162 g/mol. The SMILES string of the molecule is Cc1cccn2nnc(CN)c12. The van der Waals surface area contributed by atoms with Crippen molar-refractivity contribution in [1.29, 1.82) is 0 Å². The highest BCUT2D eigenvalue weighted by atomic mass is 15.4. The third-order valence-corrected chi connectivity index (χ3v) is 1.90. The number of rotatable bonds is 1. The highest BCUT2D eigenvalue weighted by molar-refractivity contribution is 5.56. The zero-order valence-corrected chi connectivity index (χ0v) is 6.86. The van der Waals surface area contributed by atoms with Gasteiger partial charge >= 0.3 is 0 Å². The first kappa shape index (κ1) is 7.24. The van der Waals surface area contributed by atoms with Crippen LogP contribution in [0.2, 0.25) is 0 Å². The lowest BCUT2D eigenvalue weighted by molar-refractivity contribution is 0.836. The van der Waals surface area contributed by atoms with E-state index in [9.17, 15) is 0 Å². The van der Waals surface area contributed by atoms with Crippen molar-refractivity contribution < 1.29 is 0 Å². The highest BCUT2D eigenvalue weighted by Gasteiger charge is 2.04. The first-order valence-corrected chi connectivity index (χ1v) is 3.82. The monoisotopic (exact) mass is 162 g/mol. The van der Waals surface area contributed by atoms with Crippen LogP contribution in [-0.2, 0) is 6.54 Å². The molecule has 2 N–H and O–H groups in total. The van der Waals surface area contributed by atoms with Crippen LogP contribution in [0.3, 0.4) is 0 Å². The van der Waals surface area contributed by atoms with E-state index < -0.39 is 0 Å². The Morgan fingerprint density at radius 3 is 3.17 bits per heavy atom. The third kappa shape index (κ3) is 0.887. The number of pyridine rings is 1. The molecular weight excluding hydrogens is 152 g/mol. The second kappa shape index (κ2) is 2.57. The van der Waals surface area contributed by atoms with Crippen molar-refractivity contribution in [2.75, 3.05) is 0 Å². The Morgan fingerprint density at radius 1 is 1.58 bits per heavy atom. The van der Waals surface area contributed by atoms with Crippen molar-refractivity contribution in [3.63, 3.8) is 0 Å². The van der Waals surface area contributed by atoms with Crippen molar-refractivity contribution in [1.82, 2.24) is 14.8 Å². The molecule has 0 aliphatic heterocycles. The number of nitrogens with zero attached hydrogens (tertiary/aromatic N) is 3. The van der Waals surface area contributed by atoms with Gasteiger partial charge in [-0.1, -0.05) is 11.3 Å². The van der Waals surface area contributed by atoms with E-state index in [2.05, 4.69) is 10.3 Å². The summed E-state index contributed by atoms with van der Waals surface area (Å²) in [5, 5.41) is 7.90. The summed E-state index contributed by atoms with van der Waals surface area (Å²) in [6.45, 7) is 2.46. The lowest BCUT2D eigenvalue weighted by Gasteiger charge is -1.96. The Kier molecular flexibility index (Phi) is 1.55. The van der Waals surface area contributed by atoms with Crippen LogP contribution in [0.15, 0.2) is 18.3 Å². The Hall–Kier alpha value is -1.42. The Bertz CT molecular complexity index is 404. The summed E-state index contributed by atoms with van der Waals surface area (Å²) in [5.41, 5.74) is 8.55. The maximum absolute atomic E-state index is 5.51. The first-order valence-electron chi connectivity index (χ1n) is 3.82. The number of nitrogens with two attached hydrogens (primary N) is 1. The van der Waals surface area contributed by atoms with Crippen LogP contribution in [0.25, 0.3) is 5.52 Å². The molecule has 4 nitrogen and oxygen atoms in total. The molecule has 2 rings (SSSR count). The Balaban J connectivity index is 2.83. The molecule has 0 bridgehead atoms. The Morgan fingerprint density at radius 2 is 2.42 bits per heavy atom. The van der Waals surface area contributed by atoms with Gasteiger partial charge in [-0.15, -0.1) is 5.10 Å². The predicted molar refractivity (Wildman–Crippen MR) is 45.6 cm³/mol. The second-order valence-corrected chi connectivity index (χ2v) is 2.72. The fraction of sp³-hybridized carbons (Fsp3) is 0.250. The molecule has 0 amide bonds. The number of hydrogen-bond acceptors (Lipinski definition) is 3. The quantitative estimate of drug-likeness (QED) is 0.664. The van der Waals surface area contributed by atoms with Crippen molar-refractivity contribution in [3.05, 3.63) is 29.6 Å². The van der Waals surface area contributed by atoms with Crippen LogP contribution in [0.5, 0.6) is 0 Å². The molecule has 62 valence electrons. The number of hydrogen-bond donors (Lipinski definition) is 1. The molecule has 2 heterocycles. The van der Waals surface area contributed by atoms with E-state index in [1.165, 1.54) is 0 Å². The van der Waals surface area contributed by atoms with Gasteiger partial charge in [-0.2, -0.15) is 0 Å². The van der Waals surface area contributed by atoms with Crippen LogP contribution in [-0.4, -0.2) is 14.8 Å². The maximum Gasteiger partial charge on any atom is 0.104 e. The molecule has 2 aromatic rings. The van der Waals surface area contributed by atoms with E-state index in [1.54, 1.807) is 4.52 Å². The molecule has 0 radical (unpaired) electrons. The van der Waals surface area contributed by atoms with Crippen molar-refractivity contribution in [2.45, 2.75) is 13.5 Å². The maximum atomic E-state index is 5.51. The van der Waals surface area contributed by atoms with E-state index in [0.29, 0.717) is 6.54 Å². The van der Waals surface area contributed by atoms with Gasteiger partial charge in [0.05, 0.1) is 5.52 Å². The fourth-order valence-electron chi connectivity index (χ4n) is 1.32. The van der Waals surface area contributed by atoms with E-state index in [1.807, 2.05) is 25.3 Å². The molecule has 0 saturated heterocycles. The van der Waals surface area contributed by atoms with Gasteiger partial charge in [-0.25, -0.2) is 4.52 Å². The largest absolute Gasteiger partial charge is 0.325 e. The molecule has 12 heavy (non-hydrogen) atoms. The van der Waals surface area contributed by atoms with E-state index >= 15 is 0 Å². The van der Waals surface area contributed by atoms with Crippen LogP contribution in [0, 0.1) is 6.92 Å². The standard InChI is InChI=1S/C8H10N4/c1-6-3-2-4-12-8(6)7(5-9)10-11-12/h2-4H,5,9H2,1H3. The summed E-state index contributed by atoms with van der Waals surface area (Å²) in [5.74, 6) is 0. The molecule has 0 aromatic carbocycles. The minimum Gasteiger partial charge on any atom is -0.325 e.